The Morgan fingerprint density at radius 2 is 1.79 bits per heavy atom. The molecular weight excluding hydrogens is 477 g/mol. The zero-order chi connectivity index (χ0) is 19.6. The Kier molecular flexibility index (Phi) is 10.1. The van der Waals surface area contributed by atoms with E-state index in [2.05, 4.69) is 27.3 Å². The number of halogens is 1. The van der Waals surface area contributed by atoms with Crippen LogP contribution in [0, 0.1) is 0 Å². The van der Waals surface area contributed by atoms with E-state index in [-0.39, 0.29) is 30.1 Å². The van der Waals surface area contributed by atoms with Crippen LogP contribution in [0.3, 0.4) is 0 Å². The number of para-hydroxylation sites is 1. The maximum atomic E-state index is 6.09. The fourth-order valence-corrected chi connectivity index (χ4v) is 3.49. The lowest BCUT2D eigenvalue weighted by Crippen LogP contribution is -2.47. The van der Waals surface area contributed by atoms with Gasteiger partial charge in [0.25, 0.3) is 0 Å². The normalized spacial score (nSPS) is 14.8. The fraction of sp³-hybridized carbons (Fsp3) is 0.435. The molecule has 1 aliphatic heterocycles. The molecule has 158 valence electrons. The van der Waals surface area contributed by atoms with Crippen LogP contribution in [0.1, 0.15) is 25.3 Å². The summed E-state index contributed by atoms with van der Waals surface area (Å²) < 4.78 is 11.7. The predicted molar refractivity (Wildman–Crippen MR) is 130 cm³/mol. The largest absolute Gasteiger partial charge is 0.494 e. The number of likely N-dealkylation sites (tertiary alicyclic amines) is 1. The minimum absolute atomic E-state index is 0. The molecule has 0 amide bonds. The highest BCUT2D eigenvalue weighted by molar-refractivity contribution is 14.0. The van der Waals surface area contributed by atoms with Gasteiger partial charge in [0.1, 0.15) is 17.6 Å². The van der Waals surface area contributed by atoms with E-state index >= 15 is 0 Å². The molecule has 6 heteroatoms. The van der Waals surface area contributed by atoms with Crippen LogP contribution in [0.5, 0.6) is 11.5 Å². The van der Waals surface area contributed by atoms with Gasteiger partial charge in [-0.15, -0.1) is 24.0 Å². The van der Waals surface area contributed by atoms with Gasteiger partial charge in [0, 0.05) is 39.5 Å². The van der Waals surface area contributed by atoms with E-state index in [0.29, 0.717) is 6.61 Å². The van der Waals surface area contributed by atoms with Crippen LogP contribution in [-0.2, 0) is 6.42 Å². The van der Waals surface area contributed by atoms with Gasteiger partial charge < -0.3 is 19.7 Å². The molecular formula is C23H32IN3O2. The van der Waals surface area contributed by atoms with Gasteiger partial charge in [-0.25, -0.2) is 0 Å². The van der Waals surface area contributed by atoms with Crippen molar-refractivity contribution in [3.05, 3.63) is 60.2 Å². The second-order valence-electron chi connectivity index (χ2n) is 6.92. The Hall–Kier alpha value is -1.96. The molecule has 2 aromatic rings. The monoisotopic (exact) mass is 509 g/mol. The van der Waals surface area contributed by atoms with Crippen molar-refractivity contribution in [2.45, 2.75) is 32.3 Å². The third-order valence-electron chi connectivity index (χ3n) is 4.91. The van der Waals surface area contributed by atoms with Crippen LogP contribution in [-0.4, -0.2) is 50.3 Å². The molecule has 2 aromatic carbocycles. The molecule has 5 nitrogen and oxygen atoms in total. The molecule has 0 bridgehead atoms. The molecule has 1 aliphatic rings. The van der Waals surface area contributed by atoms with Gasteiger partial charge in [0.2, 0.25) is 0 Å². The Bertz CT molecular complexity index is 747. The fourth-order valence-electron chi connectivity index (χ4n) is 3.49. The summed E-state index contributed by atoms with van der Waals surface area (Å²) in [6.45, 7) is 5.46. The number of hydrogen-bond acceptors (Lipinski definition) is 3. The molecule has 0 atom stereocenters. The van der Waals surface area contributed by atoms with Gasteiger partial charge in [-0.1, -0.05) is 30.3 Å². The van der Waals surface area contributed by atoms with Gasteiger partial charge in [-0.05, 0) is 43.2 Å². The van der Waals surface area contributed by atoms with Crippen LogP contribution in [0.15, 0.2) is 59.6 Å². The third-order valence-corrected chi connectivity index (χ3v) is 4.91. The van der Waals surface area contributed by atoms with E-state index in [4.69, 9.17) is 9.47 Å². The van der Waals surface area contributed by atoms with E-state index in [1.807, 2.05) is 56.4 Å². The molecule has 3 rings (SSSR count). The minimum Gasteiger partial charge on any atom is -0.494 e. The first-order valence-corrected chi connectivity index (χ1v) is 10.2. The molecule has 0 aromatic heterocycles. The van der Waals surface area contributed by atoms with E-state index < -0.39 is 0 Å². The van der Waals surface area contributed by atoms with Gasteiger partial charge in [-0.3, -0.25) is 4.99 Å². The zero-order valence-electron chi connectivity index (χ0n) is 17.3. The number of benzene rings is 2. The molecule has 0 spiro atoms. The summed E-state index contributed by atoms with van der Waals surface area (Å²) in [4.78, 5) is 6.79. The van der Waals surface area contributed by atoms with E-state index in [1.54, 1.807) is 0 Å². The van der Waals surface area contributed by atoms with E-state index in [9.17, 15) is 0 Å². The summed E-state index contributed by atoms with van der Waals surface area (Å²) in [5.74, 6) is 2.86. The quantitative estimate of drug-likeness (QED) is 0.342. The zero-order valence-corrected chi connectivity index (χ0v) is 19.7. The summed E-state index contributed by atoms with van der Waals surface area (Å²) in [5, 5.41) is 3.50. The number of rotatable bonds is 7. The van der Waals surface area contributed by atoms with Crippen LogP contribution in [0.25, 0.3) is 0 Å². The first kappa shape index (κ1) is 23.3. The van der Waals surface area contributed by atoms with Crippen molar-refractivity contribution >= 4 is 29.9 Å². The topological polar surface area (TPSA) is 46.1 Å². The van der Waals surface area contributed by atoms with Gasteiger partial charge >= 0.3 is 0 Å². The highest BCUT2D eigenvalue weighted by atomic mass is 127. The molecule has 1 fully saturated rings. The number of piperidine rings is 1. The molecule has 29 heavy (non-hydrogen) atoms. The average molecular weight is 509 g/mol. The van der Waals surface area contributed by atoms with Crippen molar-refractivity contribution in [2.24, 2.45) is 4.99 Å². The third kappa shape index (κ3) is 7.42. The summed E-state index contributed by atoms with van der Waals surface area (Å²) in [7, 11) is 1.85. The van der Waals surface area contributed by atoms with Gasteiger partial charge in [0.05, 0.1) is 6.61 Å². The molecule has 0 aliphatic carbocycles. The molecule has 1 N–H and O–H groups in total. The van der Waals surface area contributed by atoms with Gasteiger partial charge in [0.15, 0.2) is 5.96 Å². The van der Waals surface area contributed by atoms with Crippen molar-refractivity contribution in [3.8, 4) is 11.5 Å². The lowest BCUT2D eigenvalue weighted by Gasteiger charge is -2.34. The lowest BCUT2D eigenvalue weighted by atomic mass is 10.1. The Labute approximate surface area is 191 Å². The number of nitrogens with one attached hydrogen (secondary N) is 1. The van der Waals surface area contributed by atoms with Crippen molar-refractivity contribution in [1.29, 1.82) is 0 Å². The summed E-state index contributed by atoms with van der Waals surface area (Å²) in [5.41, 5.74) is 1.27. The summed E-state index contributed by atoms with van der Waals surface area (Å²) >= 11 is 0. The molecule has 1 saturated heterocycles. The maximum Gasteiger partial charge on any atom is 0.193 e. The van der Waals surface area contributed by atoms with Crippen LogP contribution in [0.2, 0.25) is 0 Å². The van der Waals surface area contributed by atoms with Crippen molar-refractivity contribution in [1.82, 2.24) is 10.2 Å². The Morgan fingerprint density at radius 3 is 2.48 bits per heavy atom. The van der Waals surface area contributed by atoms with Crippen LogP contribution in [0.4, 0.5) is 0 Å². The number of guanidine groups is 1. The highest BCUT2D eigenvalue weighted by Gasteiger charge is 2.22. The minimum atomic E-state index is 0. The Balaban J connectivity index is 0.00000300. The SMILES string of the molecule is CCOc1cccc(CCNC(=NC)N2CCC(Oc3ccccc3)CC2)c1.I. The summed E-state index contributed by atoms with van der Waals surface area (Å²) in [6, 6.07) is 18.4. The standard InChI is InChI=1S/C23H31N3O2.HI/c1-3-27-22-11-7-8-19(18-22)12-15-25-23(24-2)26-16-13-21(14-17-26)28-20-9-5-4-6-10-20;/h4-11,18,21H,3,12-17H2,1-2H3,(H,24,25);1H. The van der Waals surface area contributed by atoms with E-state index in [0.717, 1.165) is 56.4 Å². The van der Waals surface area contributed by atoms with Crippen molar-refractivity contribution in [2.75, 3.05) is 33.3 Å². The molecule has 1 heterocycles. The second kappa shape index (κ2) is 12.6. The average Bonchev–Trinajstić information content (AvgIpc) is 2.73. The number of hydrogen-bond donors (Lipinski definition) is 1. The molecule has 0 saturated carbocycles. The second-order valence-corrected chi connectivity index (χ2v) is 6.92. The van der Waals surface area contributed by atoms with Crippen LogP contribution >= 0.6 is 24.0 Å². The molecule has 0 radical (unpaired) electrons. The summed E-state index contributed by atoms with van der Waals surface area (Å²) in [6.07, 6.45) is 3.23. The van der Waals surface area contributed by atoms with E-state index in [1.165, 1.54) is 5.56 Å². The van der Waals surface area contributed by atoms with Gasteiger partial charge in [-0.2, -0.15) is 0 Å². The van der Waals surface area contributed by atoms with Crippen molar-refractivity contribution in [3.63, 3.8) is 0 Å². The predicted octanol–water partition coefficient (Wildman–Crippen LogP) is 4.36. The number of ether oxygens (including phenoxy) is 2. The highest BCUT2D eigenvalue weighted by Crippen LogP contribution is 2.19. The smallest absolute Gasteiger partial charge is 0.193 e. The lowest BCUT2D eigenvalue weighted by molar-refractivity contribution is 0.129. The molecule has 0 unspecified atom stereocenters. The van der Waals surface area contributed by atoms with Crippen LogP contribution < -0.4 is 14.8 Å². The van der Waals surface area contributed by atoms with Crippen molar-refractivity contribution < 1.29 is 9.47 Å². The first-order chi connectivity index (χ1) is 13.8. The maximum absolute atomic E-state index is 6.09. The first-order valence-electron chi connectivity index (χ1n) is 10.2. The number of aliphatic imine (C=N–C) groups is 1. The number of nitrogens with zero attached hydrogens (tertiary/aromatic N) is 2. The Morgan fingerprint density at radius 1 is 1.07 bits per heavy atom.